The summed E-state index contributed by atoms with van der Waals surface area (Å²) in [5, 5.41) is 0. The largest absolute Gasteiger partial charge is 0.466 e. The highest BCUT2D eigenvalue weighted by molar-refractivity contribution is 5.68. The minimum absolute atomic E-state index is 0.123. The molecule has 1 aliphatic carbocycles. The van der Waals surface area contributed by atoms with E-state index in [0.717, 1.165) is 0 Å². The van der Waals surface area contributed by atoms with Crippen molar-refractivity contribution in [3.63, 3.8) is 0 Å². The minimum atomic E-state index is -3.94. The molecular weight excluding hydrogens is 221 g/mol. The first-order chi connectivity index (χ1) is 7.33. The number of rotatable bonds is 3. The van der Waals surface area contributed by atoms with E-state index in [-0.39, 0.29) is 12.4 Å². The van der Waals surface area contributed by atoms with Crippen LogP contribution in [-0.2, 0) is 9.53 Å². The molecule has 2 nitrogen and oxygen atoms in total. The van der Waals surface area contributed by atoms with Crippen molar-refractivity contribution in [3.8, 4) is 0 Å². The van der Waals surface area contributed by atoms with Crippen molar-refractivity contribution in [3.05, 3.63) is 0 Å². The normalized spacial score (nSPS) is 17.1. The molecule has 0 saturated heterocycles. The van der Waals surface area contributed by atoms with Crippen molar-refractivity contribution in [1.82, 2.24) is 0 Å². The quantitative estimate of drug-likeness (QED) is 0.703. The number of halogens is 3. The first-order valence-electron chi connectivity index (χ1n) is 5.55. The van der Waals surface area contributed by atoms with Crippen molar-refractivity contribution >= 4 is 5.97 Å². The van der Waals surface area contributed by atoms with E-state index < -0.39 is 11.6 Å². The van der Waals surface area contributed by atoms with Gasteiger partial charge >= 0.3 is 12.1 Å². The van der Waals surface area contributed by atoms with Gasteiger partial charge in [-0.2, -0.15) is 13.2 Å². The predicted octanol–water partition coefficient (Wildman–Crippen LogP) is 3.70. The summed E-state index contributed by atoms with van der Waals surface area (Å²) >= 11 is 0. The molecule has 0 amide bonds. The van der Waals surface area contributed by atoms with Gasteiger partial charge < -0.3 is 4.74 Å². The molecule has 0 spiro atoms. The van der Waals surface area contributed by atoms with Gasteiger partial charge in [0.25, 0.3) is 0 Å². The Balaban J connectivity index is 0.000000293. The van der Waals surface area contributed by atoms with Crippen molar-refractivity contribution < 1.29 is 22.7 Å². The Morgan fingerprint density at radius 2 is 1.75 bits per heavy atom. The molecule has 0 aromatic carbocycles. The molecule has 0 atom stereocenters. The first kappa shape index (κ1) is 15.3. The Labute approximate surface area is 94.2 Å². The van der Waals surface area contributed by atoms with Crippen LogP contribution in [0.15, 0.2) is 0 Å². The molecule has 0 radical (unpaired) electrons. The molecule has 16 heavy (non-hydrogen) atoms. The number of carbonyl (C=O) groups is 1. The highest BCUT2D eigenvalue weighted by atomic mass is 19.4. The van der Waals surface area contributed by atoms with Gasteiger partial charge in [0, 0.05) is 6.42 Å². The van der Waals surface area contributed by atoms with E-state index in [1.54, 1.807) is 20.8 Å². The molecule has 0 bridgehead atoms. The number of carbonyl (C=O) groups excluding carboxylic acids is 1. The van der Waals surface area contributed by atoms with Crippen LogP contribution in [0, 0.1) is 5.41 Å². The average Bonchev–Trinajstić information content (AvgIpc) is 2.98. The third-order valence-corrected chi connectivity index (χ3v) is 2.73. The highest BCUT2D eigenvalue weighted by Crippen LogP contribution is 2.59. The van der Waals surface area contributed by atoms with E-state index in [1.165, 1.54) is 0 Å². The van der Waals surface area contributed by atoms with Crippen molar-refractivity contribution in [2.45, 2.75) is 52.6 Å². The summed E-state index contributed by atoms with van der Waals surface area (Å²) < 4.78 is 40.2. The van der Waals surface area contributed by atoms with Crippen LogP contribution < -0.4 is 0 Å². The fourth-order valence-corrected chi connectivity index (χ4v) is 1.25. The van der Waals surface area contributed by atoms with Gasteiger partial charge in [0.15, 0.2) is 0 Å². The summed E-state index contributed by atoms with van der Waals surface area (Å²) in [7, 11) is 0. The SMILES string of the molecule is CCC1(C(F)(F)F)CC1.CCOC(=O)CC. The summed E-state index contributed by atoms with van der Waals surface area (Å²) in [6.07, 6.45) is -2.54. The second-order valence-electron chi connectivity index (χ2n) is 3.79. The Hall–Kier alpha value is -0.740. The number of hydrogen-bond acceptors (Lipinski definition) is 2. The molecular formula is C11H19F3O2. The Morgan fingerprint density at radius 1 is 1.25 bits per heavy atom. The van der Waals surface area contributed by atoms with Crippen LogP contribution in [0.1, 0.15) is 46.5 Å². The van der Waals surface area contributed by atoms with Gasteiger partial charge in [-0.1, -0.05) is 13.8 Å². The number of ether oxygens (including phenoxy) is 1. The Kier molecular flexibility index (Phi) is 5.83. The molecule has 1 aliphatic rings. The third-order valence-electron chi connectivity index (χ3n) is 2.73. The summed E-state index contributed by atoms with van der Waals surface area (Å²) in [6.45, 7) is 5.67. The van der Waals surface area contributed by atoms with Gasteiger partial charge in [-0.3, -0.25) is 4.79 Å². The molecule has 0 heterocycles. The molecule has 0 unspecified atom stereocenters. The number of hydrogen-bond donors (Lipinski definition) is 0. The third kappa shape index (κ3) is 4.41. The van der Waals surface area contributed by atoms with Crippen LogP contribution in [-0.4, -0.2) is 18.8 Å². The molecule has 96 valence electrons. The van der Waals surface area contributed by atoms with Crippen molar-refractivity contribution in [2.24, 2.45) is 5.41 Å². The molecule has 0 aliphatic heterocycles. The fourth-order valence-electron chi connectivity index (χ4n) is 1.25. The zero-order chi connectivity index (χ0) is 12.8. The molecule has 5 heteroatoms. The van der Waals surface area contributed by atoms with E-state index in [1.807, 2.05) is 0 Å². The van der Waals surface area contributed by atoms with Crippen LogP contribution in [0.3, 0.4) is 0 Å². The maximum atomic E-state index is 11.9. The van der Waals surface area contributed by atoms with E-state index in [4.69, 9.17) is 0 Å². The van der Waals surface area contributed by atoms with Gasteiger partial charge in [-0.15, -0.1) is 0 Å². The predicted molar refractivity (Wildman–Crippen MR) is 54.9 cm³/mol. The Morgan fingerprint density at radius 3 is 1.81 bits per heavy atom. The first-order valence-corrected chi connectivity index (χ1v) is 5.55. The van der Waals surface area contributed by atoms with E-state index in [0.29, 0.717) is 25.9 Å². The second kappa shape index (κ2) is 6.11. The zero-order valence-electron chi connectivity index (χ0n) is 9.99. The maximum Gasteiger partial charge on any atom is 0.394 e. The lowest BCUT2D eigenvalue weighted by Crippen LogP contribution is -2.23. The van der Waals surface area contributed by atoms with Gasteiger partial charge in [0.05, 0.1) is 12.0 Å². The van der Waals surface area contributed by atoms with Crippen molar-refractivity contribution in [2.75, 3.05) is 6.61 Å². The smallest absolute Gasteiger partial charge is 0.394 e. The zero-order valence-corrected chi connectivity index (χ0v) is 9.99. The molecule has 0 aromatic rings. The maximum absolute atomic E-state index is 11.9. The summed E-state index contributed by atoms with van der Waals surface area (Å²) in [6, 6.07) is 0. The van der Waals surface area contributed by atoms with Crippen LogP contribution in [0.25, 0.3) is 0 Å². The summed E-state index contributed by atoms with van der Waals surface area (Å²) in [5.41, 5.74) is -1.27. The molecule has 0 aromatic heterocycles. The lowest BCUT2D eigenvalue weighted by Gasteiger charge is -2.15. The topological polar surface area (TPSA) is 26.3 Å². The molecule has 1 rings (SSSR count). The number of alkyl halides is 3. The lowest BCUT2D eigenvalue weighted by atomic mass is 10.0. The van der Waals surface area contributed by atoms with E-state index >= 15 is 0 Å². The van der Waals surface area contributed by atoms with Crippen LogP contribution in [0.4, 0.5) is 13.2 Å². The standard InChI is InChI=1S/C6H9F3.C5H10O2/c1-2-5(3-4-5)6(7,8)9;1-3-5(6)7-4-2/h2-4H2,1H3;3-4H2,1-2H3. The van der Waals surface area contributed by atoms with Crippen LogP contribution in [0.5, 0.6) is 0 Å². The minimum Gasteiger partial charge on any atom is -0.466 e. The Bertz CT molecular complexity index is 220. The molecule has 0 N–H and O–H groups in total. The monoisotopic (exact) mass is 240 g/mol. The number of esters is 1. The average molecular weight is 240 g/mol. The van der Waals surface area contributed by atoms with Gasteiger partial charge in [-0.05, 0) is 26.2 Å². The summed E-state index contributed by atoms with van der Waals surface area (Å²) in [4.78, 5) is 10.2. The molecule has 1 fully saturated rings. The lowest BCUT2D eigenvalue weighted by molar-refractivity contribution is -0.187. The summed E-state index contributed by atoms with van der Waals surface area (Å²) in [5.74, 6) is -0.123. The fraction of sp³-hybridized carbons (Fsp3) is 0.909. The van der Waals surface area contributed by atoms with Gasteiger partial charge in [-0.25, -0.2) is 0 Å². The van der Waals surface area contributed by atoms with E-state index in [2.05, 4.69) is 4.74 Å². The van der Waals surface area contributed by atoms with Crippen LogP contribution >= 0.6 is 0 Å². The highest BCUT2D eigenvalue weighted by Gasteiger charge is 2.61. The van der Waals surface area contributed by atoms with E-state index in [9.17, 15) is 18.0 Å². The van der Waals surface area contributed by atoms with Crippen LogP contribution in [0.2, 0.25) is 0 Å². The molecule has 1 saturated carbocycles. The second-order valence-corrected chi connectivity index (χ2v) is 3.79. The van der Waals surface area contributed by atoms with Crippen molar-refractivity contribution in [1.29, 1.82) is 0 Å². The van der Waals surface area contributed by atoms with Gasteiger partial charge in [0.2, 0.25) is 0 Å². The van der Waals surface area contributed by atoms with Gasteiger partial charge in [0.1, 0.15) is 0 Å².